The number of alkyl halides is 2. The van der Waals surface area contributed by atoms with Gasteiger partial charge in [0.1, 0.15) is 12.8 Å². The lowest BCUT2D eigenvalue weighted by Crippen LogP contribution is -2.14. The Balaban J connectivity index is 2.82. The molecule has 2 aromatic rings. The molecule has 20 heavy (non-hydrogen) atoms. The highest BCUT2D eigenvalue weighted by Crippen LogP contribution is 2.40. The average Bonchev–Trinajstić information content (AvgIpc) is 2.35. The molecule has 0 saturated carbocycles. The number of benzene rings is 1. The zero-order valence-corrected chi connectivity index (χ0v) is 12.9. The van der Waals surface area contributed by atoms with Gasteiger partial charge in [-0.3, -0.25) is 0 Å². The first-order chi connectivity index (χ1) is 9.21. The number of hydrogen-bond donors (Lipinski definition) is 0. The SMILES string of the molecule is CC(C)c1ccc2nc(C(F)F)ccc2c1P(C)(C)=O. The fourth-order valence-corrected chi connectivity index (χ4v) is 4.13. The van der Waals surface area contributed by atoms with Crippen molar-refractivity contribution in [3.63, 3.8) is 0 Å². The summed E-state index contributed by atoms with van der Waals surface area (Å²) >= 11 is 0. The van der Waals surface area contributed by atoms with Crippen molar-refractivity contribution in [2.24, 2.45) is 0 Å². The van der Waals surface area contributed by atoms with E-state index < -0.39 is 13.6 Å². The molecule has 0 spiro atoms. The van der Waals surface area contributed by atoms with Crippen LogP contribution in [-0.4, -0.2) is 18.3 Å². The molecule has 0 aliphatic carbocycles. The van der Waals surface area contributed by atoms with Crippen LogP contribution in [0.15, 0.2) is 24.3 Å². The molecule has 0 unspecified atom stereocenters. The summed E-state index contributed by atoms with van der Waals surface area (Å²) in [6.45, 7) is 7.46. The van der Waals surface area contributed by atoms with Gasteiger partial charge < -0.3 is 4.57 Å². The number of pyridine rings is 1. The van der Waals surface area contributed by atoms with Gasteiger partial charge >= 0.3 is 0 Å². The van der Waals surface area contributed by atoms with Crippen LogP contribution in [0.5, 0.6) is 0 Å². The van der Waals surface area contributed by atoms with Crippen LogP contribution in [0.25, 0.3) is 10.9 Å². The van der Waals surface area contributed by atoms with Gasteiger partial charge in [0.05, 0.1) is 5.52 Å². The monoisotopic (exact) mass is 297 g/mol. The molecule has 0 atom stereocenters. The fourth-order valence-electron chi connectivity index (χ4n) is 2.41. The van der Waals surface area contributed by atoms with Crippen LogP contribution in [0.1, 0.15) is 37.4 Å². The molecule has 2 rings (SSSR count). The van der Waals surface area contributed by atoms with E-state index in [1.54, 1.807) is 25.5 Å². The zero-order chi connectivity index (χ0) is 15.1. The Kier molecular flexibility index (Phi) is 3.97. The third-order valence-corrected chi connectivity index (χ3v) is 4.86. The maximum atomic E-state index is 12.7. The first kappa shape index (κ1) is 15.1. The minimum Gasteiger partial charge on any atom is -0.319 e. The standard InChI is InChI=1S/C15H18F2NOP/c1-9(2)10-5-7-12-11(14(10)20(3,4)19)6-8-13(18-12)15(16)17/h5-9,15H,1-4H3. The van der Waals surface area contributed by atoms with Crippen LogP contribution in [0.3, 0.4) is 0 Å². The van der Waals surface area contributed by atoms with E-state index >= 15 is 0 Å². The Labute approximate surface area is 117 Å². The maximum absolute atomic E-state index is 12.7. The average molecular weight is 297 g/mol. The third-order valence-electron chi connectivity index (χ3n) is 3.28. The van der Waals surface area contributed by atoms with Crippen molar-refractivity contribution >= 4 is 23.3 Å². The fraction of sp³-hybridized carbons (Fsp3) is 0.400. The van der Waals surface area contributed by atoms with Crippen molar-refractivity contribution in [2.75, 3.05) is 13.3 Å². The highest BCUT2D eigenvalue weighted by molar-refractivity contribution is 7.70. The number of fused-ring (bicyclic) bond motifs is 1. The van der Waals surface area contributed by atoms with E-state index in [1.807, 2.05) is 19.9 Å². The normalized spacial score (nSPS) is 12.6. The second-order valence-electron chi connectivity index (χ2n) is 5.61. The molecule has 5 heteroatoms. The summed E-state index contributed by atoms with van der Waals surface area (Å²) in [5, 5.41) is 1.48. The molecule has 1 heterocycles. The van der Waals surface area contributed by atoms with Gasteiger partial charge in [-0.15, -0.1) is 0 Å². The summed E-state index contributed by atoms with van der Waals surface area (Å²) in [5.41, 5.74) is 1.23. The van der Waals surface area contributed by atoms with Crippen LogP contribution in [0.2, 0.25) is 0 Å². The van der Waals surface area contributed by atoms with Crippen LogP contribution in [0, 0.1) is 0 Å². The Hall–Kier alpha value is -1.28. The maximum Gasteiger partial charge on any atom is 0.280 e. The molecule has 1 aromatic carbocycles. The summed E-state index contributed by atoms with van der Waals surface area (Å²) in [6.07, 6.45) is -2.59. The molecule has 1 aromatic heterocycles. The lowest BCUT2D eigenvalue weighted by atomic mass is 10.0. The smallest absolute Gasteiger partial charge is 0.280 e. The first-order valence-corrected chi connectivity index (χ1v) is 9.09. The van der Waals surface area contributed by atoms with Crippen LogP contribution in [-0.2, 0) is 4.57 Å². The van der Waals surface area contributed by atoms with E-state index in [0.29, 0.717) is 10.9 Å². The molecule has 0 amide bonds. The molecule has 108 valence electrons. The van der Waals surface area contributed by atoms with E-state index in [-0.39, 0.29) is 11.6 Å². The van der Waals surface area contributed by atoms with Crippen molar-refractivity contribution in [1.82, 2.24) is 4.98 Å². The van der Waals surface area contributed by atoms with Crippen molar-refractivity contribution < 1.29 is 13.3 Å². The lowest BCUT2D eigenvalue weighted by Gasteiger charge is -2.19. The van der Waals surface area contributed by atoms with Gasteiger partial charge in [0, 0.05) is 10.7 Å². The van der Waals surface area contributed by atoms with Crippen molar-refractivity contribution in [3.8, 4) is 0 Å². The summed E-state index contributed by atoms with van der Waals surface area (Å²) in [6, 6.07) is 6.51. The van der Waals surface area contributed by atoms with E-state index in [1.165, 1.54) is 6.07 Å². The highest BCUT2D eigenvalue weighted by Gasteiger charge is 2.22. The molecule has 0 aliphatic rings. The molecule has 0 fully saturated rings. The molecule has 0 aliphatic heterocycles. The second-order valence-corrected chi connectivity index (χ2v) is 8.76. The number of halogens is 2. The highest BCUT2D eigenvalue weighted by atomic mass is 31.2. The topological polar surface area (TPSA) is 30.0 Å². The lowest BCUT2D eigenvalue weighted by molar-refractivity contribution is 0.146. The quantitative estimate of drug-likeness (QED) is 0.778. The van der Waals surface area contributed by atoms with Gasteiger partial charge in [-0.25, -0.2) is 13.8 Å². The first-order valence-electron chi connectivity index (χ1n) is 6.49. The summed E-state index contributed by atoms with van der Waals surface area (Å²) in [4.78, 5) is 3.98. The Morgan fingerprint density at radius 2 is 1.75 bits per heavy atom. The molecule has 0 saturated heterocycles. The Bertz CT molecular complexity index is 692. The van der Waals surface area contributed by atoms with Crippen molar-refractivity contribution in [2.45, 2.75) is 26.2 Å². The minimum absolute atomic E-state index is 0.220. The van der Waals surface area contributed by atoms with E-state index in [0.717, 1.165) is 10.9 Å². The number of hydrogen-bond acceptors (Lipinski definition) is 2. The van der Waals surface area contributed by atoms with Gasteiger partial charge in [0.2, 0.25) is 0 Å². The van der Waals surface area contributed by atoms with E-state index in [9.17, 15) is 13.3 Å². The third kappa shape index (κ3) is 2.76. The van der Waals surface area contributed by atoms with Gasteiger partial charge in [-0.2, -0.15) is 0 Å². The molecular formula is C15H18F2NOP. The number of rotatable bonds is 3. The zero-order valence-electron chi connectivity index (χ0n) is 12.0. The molecule has 0 bridgehead atoms. The van der Waals surface area contributed by atoms with Crippen LogP contribution in [0.4, 0.5) is 8.78 Å². The van der Waals surface area contributed by atoms with Gasteiger partial charge in [-0.05, 0) is 36.9 Å². The van der Waals surface area contributed by atoms with E-state index in [2.05, 4.69) is 4.98 Å². The number of nitrogens with zero attached hydrogens (tertiary/aromatic N) is 1. The Morgan fingerprint density at radius 3 is 2.25 bits per heavy atom. The van der Waals surface area contributed by atoms with Gasteiger partial charge in [0.15, 0.2) is 0 Å². The predicted molar refractivity (Wildman–Crippen MR) is 79.9 cm³/mol. The Morgan fingerprint density at radius 1 is 1.10 bits per heavy atom. The molecule has 0 radical (unpaired) electrons. The minimum atomic E-state index is -2.59. The molecule has 2 nitrogen and oxygen atoms in total. The summed E-state index contributed by atoms with van der Waals surface area (Å²) in [5.74, 6) is 0.220. The van der Waals surface area contributed by atoms with Crippen molar-refractivity contribution in [1.29, 1.82) is 0 Å². The van der Waals surface area contributed by atoms with E-state index in [4.69, 9.17) is 0 Å². The van der Waals surface area contributed by atoms with Gasteiger partial charge in [-0.1, -0.05) is 26.0 Å². The predicted octanol–water partition coefficient (Wildman–Crippen LogP) is 4.54. The second kappa shape index (κ2) is 5.25. The van der Waals surface area contributed by atoms with Crippen LogP contribution < -0.4 is 5.30 Å². The largest absolute Gasteiger partial charge is 0.319 e. The summed E-state index contributed by atoms with van der Waals surface area (Å²) < 4.78 is 38.0. The number of aromatic nitrogens is 1. The molecule has 0 N–H and O–H groups in total. The van der Waals surface area contributed by atoms with Crippen LogP contribution >= 0.6 is 7.14 Å². The summed E-state index contributed by atoms with van der Waals surface area (Å²) in [7, 11) is -2.52. The van der Waals surface area contributed by atoms with Gasteiger partial charge in [0.25, 0.3) is 6.43 Å². The molecular weight excluding hydrogens is 279 g/mol. The van der Waals surface area contributed by atoms with Crippen molar-refractivity contribution in [3.05, 3.63) is 35.5 Å².